The van der Waals surface area contributed by atoms with Gasteiger partial charge in [0.05, 0.1) is 7.11 Å². The predicted octanol–water partition coefficient (Wildman–Crippen LogP) is 3.42. The Kier molecular flexibility index (Phi) is 5.33. The third-order valence-electron chi connectivity index (χ3n) is 3.09. The van der Waals surface area contributed by atoms with Crippen LogP contribution in [-0.4, -0.2) is 24.3 Å². The Morgan fingerprint density at radius 1 is 1.09 bits per heavy atom. The monoisotopic (exact) mass is 298 g/mol. The summed E-state index contributed by atoms with van der Waals surface area (Å²) >= 11 is 0. The molecule has 22 heavy (non-hydrogen) atoms. The Morgan fingerprint density at radius 2 is 1.77 bits per heavy atom. The minimum atomic E-state index is -1.26. The van der Waals surface area contributed by atoms with E-state index in [4.69, 9.17) is 4.74 Å². The van der Waals surface area contributed by atoms with E-state index >= 15 is 0 Å². The minimum Gasteiger partial charge on any atom is -0.467 e. The molecule has 0 spiro atoms. The molecule has 0 bridgehead atoms. The fourth-order valence-electron chi connectivity index (χ4n) is 1.93. The highest BCUT2D eigenvalue weighted by Gasteiger charge is 2.16. The Labute approximate surface area is 129 Å². The van der Waals surface area contributed by atoms with Gasteiger partial charge in [0.25, 0.3) is 0 Å². The number of rotatable bonds is 5. The minimum absolute atomic E-state index is 0.503. The van der Waals surface area contributed by atoms with Crippen molar-refractivity contribution in [3.63, 3.8) is 0 Å². The molecule has 2 rings (SSSR count). The van der Waals surface area contributed by atoms with Gasteiger partial charge in [-0.05, 0) is 42.3 Å². The van der Waals surface area contributed by atoms with E-state index in [0.717, 1.165) is 11.3 Å². The summed E-state index contributed by atoms with van der Waals surface area (Å²) in [4.78, 5) is 11.3. The molecule has 0 heterocycles. The van der Waals surface area contributed by atoms with Crippen LogP contribution in [0, 0.1) is 0 Å². The largest absolute Gasteiger partial charge is 0.467 e. The second-order valence-electron chi connectivity index (χ2n) is 4.80. The number of hydrogen-bond donors (Lipinski definition) is 1. The zero-order chi connectivity index (χ0) is 15.9. The Morgan fingerprint density at radius 3 is 2.45 bits per heavy atom. The average Bonchev–Trinajstić information content (AvgIpc) is 2.54. The van der Waals surface area contributed by atoms with Gasteiger partial charge in [0, 0.05) is 0 Å². The molecular weight excluding hydrogens is 280 g/mol. The number of para-hydroxylation sites is 1. The zero-order valence-electron chi connectivity index (χ0n) is 12.5. The second-order valence-corrected chi connectivity index (χ2v) is 4.80. The quantitative estimate of drug-likeness (QED) is 0.859. The van der Waals surface area contributed by atoms with Gasteiger partial charge in [0.2, 0.25) is 0 Å². The number of benzene rings is 2. The van der Waals surface area contributed by atoms with Crippen LogP contribution in [0.5, 0.6) is 11.5 Å². The molecule has 2 aromatic rings. The first-order chi connectivity index (χ1) is 10.6. The number of carbonyl (C=O) groups is 1. The van der Waals surface area contributed by atoms with E-state index in [0.29, 0.717) is 11.3 Å². The van der Waals surface area contributed by atoms with Crippen molar-refractivity contribution in [1.82, 2.24) is 0 Å². The molecule has 4 nitrogen and oxygen atoms in total. The third kappa shape index (κ3) is 4.20. The van der Waals surface area contributed by atoms with Crippen molar-refractivity contribution in [3.05, 3.63) is 65.7 Å². The van der Waals surface area contributed by atoms with Crippen LogP contribution in [0.4, 0.5) is 0 Å². The van der Waals surface area contributed by atoms with E-state index in [9.17, 15) is 9.90 Å². The third-order valence-corrected chi connectivity index (χ3v) is 3.09. The van der Waals surface area contributed by atoms with Crippen LogP contribution in [0.2, 0.25) is 0 Å². The molecule has 2 aromatic carbocycles. The number of aliphatic hydroxyl groups is 1. The lowest BCUT2D eigenvalue weighted by Gasteiger charge is -2.09. The van der Waals surface area contributed by atoms with Crippen LogP contribution in [0.3, 0.4) is 0 Å². The first kappa shape index (κ1) is 15.8. The summed E-state index contributed by atoms with van der Waals surface area (Å²) in [5.74, 6) is 0.751. The molecule has 114 valence electrons. The van der Waals surface area contributed by atoms with Crippen molar-refractivity contribution in [2.45, 2.75) is 13.0 Å². The zero-order valence-corrected chi connectivity index (χ0v) is 12.5. The van der Waals surface area contributed by atoms with Crippen LogP contribution in [0.1, 0.15) is 12.5 Å². The van der Waals surface area contributed by atoms with Crippen molar-refractivity contribution in [1.29, 1.82) is 0 Å². The van der Waals surface area contributed by atoms with Gasteiger partial charge in [-0.1, -0.05) is 36.4 Å². The molecule has 0 aromatic heterocycles. The summed E-state index contributed by atoms with van der Waals surface area (Å²) in [6, 6.07) is 16.9. The van der Waals surface area contributed by atoms with Crippen LogP contribution in [0.15, 0.2) is 60.2 Å². The lowest BCUT2D eigenvalue weighted by atomic mass is 10.1. The molecular formula is C18H18O4. The number of carbonyl (C=O) groups excluding carboxylic acids is 1. The lowest BCUT2D eigenvalue weighted by Crippen LogP contribution is -2.22. The van der Waals surface area contributed by atoms with Crippen molar-refractivity contribution in [3.8, 4) is 11.5 Å². The fraction of sp³-hybridized carbons (Fsp3) is 0.167. The van der Waals surface area contributed by atoms with Gasteiger partial charge >= 0.3 is 5.97 Å². The van der Waals surface area contributed by atoms with E-state index in [2.05, 4.69) is 4.74 Å². The Bertz CT molecular complexity index is 662. The summed E-state index contributed by atoms with van der Waals surface area (Å²) < 4.78 is 10.3. The van der Waals surface area contributed by atoms with Gasteiger partial charge in [-0.3, -0.25) is 0 Å². The van der Waals surface area contributed by atoms with E-state index in [-0.39, 0.29) is 0 Å². The smallest absolute Gasteiger partial charge is 0.339 e. The molecule has 0 aliphatic rings. The Balaban J connectivity index is 2.16. The maximum absolute atomic E-state index is 11.3. The normalized spacial score (nSPS) is 12.6. The van der Waals surface area contributed by atoms with E-state index in [1.807, 2.05) is 54.6 Å². The average molecular weight is 298 g/mol. The topological polar surface area (TPSA) is 55.8 Å². The fourth-order valence-corrected chi connectivity index (χ4v) is 1.93. The molecule has 0 saturated heterocycles. The summed E-state index contributed by atoms with van der Waals surface area (Å²) in [5, 5.41) is 9.78. The molecule has 0 aliphatic carbocycles. The summed E-state index contributed by atoms with van der Waals surface area (Å²) in [6.07, 6.45) is 0.461. The number of aliphatic hydroxyl groups excluding tert-OH is 1. The summed E-state index contributed by atoms with van der Waals surface area (Å²) in [5.41, 5.74) is 1.33. The van der Waals surface area contributed by atoms with Crippen LogP contribution < -0.4 is 4.74 Å². The van der Waals surface area contributed by atoms with Gasteiger partial charge in [0.15, 0.2) is 6.10 Å². The highest BCUT2D eigenvalue weighted by molar-refractivity contribution is 5.79. The van der Waals surface area contributed by atoms with E-state index < -0.39 is 12.1 Å². The van der Waals surface area contributed by atoms with Gasteiger partial charge < -0.3 is 14.6 Å². The SMILES string of the molecule is COC(=O)C(O)C(C)=Cc1cccc(Oc2ccccc2)c1. The van der Waals surface area contributed by atoms with Crippen LogP contribution in [0.25, 0.3) is 6.08 Å². The van der Waals surface area contributed by atoms with Gasteiger partial charge in [-0.25, -0.2) is 4.79 Å². The lowest BCUT2D eigenvalue weighted by molar-refractivity contribution is -0.148. The predicted molar refractivity (Wildman–Crippen MR) is 84.6 cm³/mol. The second kappa shape index (κ2) is 7.43. The number of hydrogen-bond acceptors (Lipinski definition) is 4. The number of ether oxygens (including phenoxy) is 2. The van der Waals surface area contributed by atoms with Crippen LogP contribution in [-0.2, 0) is 9.53 Å². The molecule has 0 fully saturated rings. The van der Waals surface area contributed by atoms with Gasteiger partial charge in [-0.2, -0.15) is 0 Å². The first-order valence-corrected chi connectivity index (χ1v) is 6.87. The number of esters is 1. The Hall–Kier alpha value is -2.59. The van der Waals surface area contributed by atoms with Crippen molar-refractivity contribution in [2.75, 3.05) is 7.11 Å². The molecule has 0 amide bonds. The molecule has 1 atom stereocenters. The van der Waals surface area contributed by atoms with E-state index in [1.165, 1.54) is 7.11 Å². The highest BCUT2D eigenvalue weighted by Crippen LogP contribution is 2.23. The molecule has 1 unspecified atom stereocenters. The molecule has 1 N–H and O–H groups in total. The van der Waals surface area contributed by atoms with Crippen molar-refractivity contribution in [2.24, 2.45) is 0 Å². The maximum Gasteiger partial charge on any atom is 0.339 e. The van der Waals surface area contributed by atoms with Crippen LogP contribution >= 0.6 is 0 Å². The molecule has 0 aliphatic heterocycles. The maximum atomic E-state index is 11.3. The van der Waals surface area contributed by atoms with E-state index in [1.54, 1.807) is 13.0 Å². The van der Waals surface area contributed by atoms with Gasteiger partial charge in [0.1, 0.15) is 11.5 Å². The van der Waals surface area contributed by atoms with Crippen molar-refractivity contribution < 1.29 is 19.4 Å². The first-order valence-electron chi connectivity index (χ1n) is 6.87. The van der Waals surface area contributed by atoms with Crippen molar-refractivity contribution >= 4 is 12.0 Å². The molecule has 4 heteroatoms. The number of methoxy groups -OCH3 is 1. The standard InChI is InChI=1S/C18H18O4/c1-13(17(19)18(20)21-2)11-14-7-6-10-16(12-14)22-15-8-4-3-5-9-15/h3-12,17,19H,1-2H3. The molecule has 0 saturated carbocycles. The van der Waals surface area contributed by atoms with Gasteiger partial charge in [-0.15, -0.1) is 0 Å². The summed E-state index contributed by atoms with van der Waals surface area (Å²) in [7, 11) is 1.24. The highest BCUT2D eigenvalue weighted by atomic mass is 16.5. The summed E-state index contributed by atoms with van der Waals surface area (Å²) in [6.45, 7) is 1.67. The molecule has 0 radical (unpaired) electrons.